The lowest BCUT2D eigenvalue weighted by molar-refractivity contribution is 0.0565. The molecule has 0 saturated heterocycles. The van der Waals surface area contributed by atoms with Crippen molar-refractivity contribution in [2.24, 2.45) is 0 Å². The second-order valence-electron chi connectivity index (χ2n) is 7.77. The molecule has 0 atom stereocenters. The standard InChI is InChI=1S/C26H19N5O4S.C2H6O2/c1-33-17-10-8-15(9-11-17)21-18(12-27)23(29)31-25(19(21)13-28)36-14-20-22(26(32)34-2)35-24(30-20)16-6-4-3-5-7-16;3-1-2-4/h3-11H,14H2,1-2H3,(H2,29,31);3-4H,1-2H2. The Morgan fingerprint density at radius 3 is 2.17 bits per heavy atom. The van der Waals surface area contributed by atoms with Crippen LogP contribution in [0.3, 0.4) is 0 Å². The number of aliphatic hydroxyl groups excluding tert-OH is 2. The highest BCUT2D eigenvalue weighted by Gasteiger charge is 2.25. The molecule has 4 aromatic rings. The summed E-state index contributed by atoms with van der Waals surface area (Å²) < 4.78 is 15.8. The Morgan fingerprint density at radius 2 is 1.62 bits per heavy atom. The van der Waals surface area contributed by atoms with E-state index < -0.39 is 5.97 Å². The average molecular weight is 560 g/mol. The number of carbonyl (C=O) groups is 1. The van der Waals surface area contributed by atoms with E-state index in [4.69, 9.17) is 29.8 Å². The Morgan fingerprint density at radius 1 is 0.975 bits per heavy atom. The predicted molar refractivity (Wildman–Crippen MR) is 147 cm³/mol. The Kier molecular flexibility index (Phi) is 10.6. The zero-order valence-corrected chi connectivity index (χ0v) is 22.4. The number of hydrogen-bond donors (Lipinski definition) is 3. The summed E-state index contributed by atoms with van der Waals surface area (Å²) in [6.07, 6.45) is 0. The number of aliphatic hydroxyl groups is 2. The number of esters is 1. The molecule has 0 aliphatic heterocycles. The maximum atomic E-state index is 12.3. The van der Waals surface area contributed by atoms with Gasteiger partial charge in [-0.05, 0) is 29.8 Å². The molecule has 2 aromatic heterocycles. The summed E-state index contributed by atoms with van der Waals surface area (Å²) in [5.74, 6) is 0.298. The van der Waals surface area contributed by atoms with Crippen LogP contribution in [0.1, 0.15) is 27.4 Å². The van der Waals surface area contributed by atoms with Gasteiger partial charge in [-0.2, -0.15) is 10.5 Å². The molecule has 0 aliphatic rings. The van der Waals surface area contributed by atoms with Crippen LogP contribution < -0.4 is 10.5 Å². The maximum absolute atomic E-state index is 12.3. The SMILES string of the molecule is COC(=O)c1oc(-c2ccccc2)nc1CSc1nc(N)c(C#N)c(-c2ccc(OC)cc2)c1C#N.OCCO. The number of benzene rings is 2. The van der Waals surface area contributed by atoms with Gasteiger partial charge >= 0.3 is 5.97 Å². The Bertz CT molecular complexity index is 1540. The summed E-state index contributed by atoms with van der Waals surface area (Å²) in [6.45, 7) is -0.250. The van der Waals surface area contributed by atoms with E-state index in [2.05, 4.69) is 22.1 Å². The van der Waals surface area contributed by atoms with Gasteiger partial charge in [-0.15, -0.1) is 0 Å². The van der Waals surface area contributed by atoms with E-state index in [1.165, 1.54) is 7.11 Å². The van der Waals surface area contributed by atoms with Crippen molar-refractivity contribution in [3.05, 3.63) is 77.2 Å². The van der Waals surface area contributed by atoms with Crippen LogP contribution in [0.5, 0.6) is 5.75 Å². The van der Waals surface area contributed by atoms with Gasteiger partial charge in [0.2, 0.25) is 11.7 Å². The molecular weight excluding hydrogens is 534 g/mol. The summed E-state index contributed by atoms with van der Waals surface area (Å²) in [5, 5.41) is 35.3. The van der Waals surface area contributed by atoms with E-state index in [1.807, 2.05) is 30.3 Å². The molecule has 0 amide bonds. The quantitative estimate of drug-likeness (QED) is 0.209. The fourth-order valence-corrected chi connectivity index (χ4v) is 4.42. The van der Waals surface area contributed by atoms with E-state index in [-0.39, 0.29) is 47.6 Å². The second kappa shape index (κ2) is 14.3. The van der Waals surface area contributed by atoms with E-state index in [1.54, 1.807) is 31.4 Å². The third-order valence-electron chi connectivity index (χ3n) is 5.33. The summed E-state index contributed by atoms with van der Waals surface area (Å²) in [6, 6.07) is 20.3. The van der Waals surface area contributed by atoms with E-state index in [9.17, 15) is 15.3 Å². The van der Waals surface area contributed by atoms with E-state index in [0.717, 1.165) is 11.8 Å². The minimum Gasteiger partial charge on any atom is -0.497 e. The highest BCUT2D eigenvalue weighted by atomic mass is 32.2. The first-order chi connectivity index (χ1) is 19.4. The molecule has 0 aliphatic carbocycles. The van der Waals surface area contributed by atoms with Crippen LogP contribution in [-0.2, 0) is 10.5 Å². The predicted octanol–water partition coefficient (Wildman–Crippen LogP) is 3.79. The topological polar surface area (TPSA) is 189 Å². The number of aromatic nitrogens is 2. The molecule has 2 heterocycles. The molecule has 0 spiro atoms. The molecule has 204 valence electrons. The highest BCUT2D eigenvalue weighted by molar-refractivity contribution is 7.98. The number of methoxy groups -OCH3 is 2. The molecule has 2 aromatic carbocycles. The van der Waals surface area contributed by atoms with Crippen LogP contribution in [0.4, 0.5) is 5.82 Å². The van der Waals surface area contributed by atoms with E-state index in [0.29, 0.717) is 33.2 Å². The molecule has 0 radical (unpaired) electrons. The van der Waals surface area contributed by atoms with Gasteiger partial charge in [0.1, 0.15) is 40.0 Å². The first-order valence-electron chi connectivity index (χ1n) is 11.7. The first kappa shape index (κ1) is 29.7. The second-order valence-corrected chi connectivity index (χ2v) is 8.73. The highest BCUT2D eigenvalue weighted by Crippen LogP contribution is 2.37. The number of pyridine rings is 1. The smallest absolute Gasteiger partial charge is 0.376 e. The molecule has 12 heteroatoms. The number of nitrogen functional groups attached to an aromatic ring is 1. The minimum atomic E-state index is -0.674. The number of hydrogen-bond acceptors (Lipinski definition) is 12. The lowest BCUT2D eigenvalue weighted by Crippen LogP contribution is -2.05. The molecule has 0 saturated carbocycles. The first-order valence-corrected chi connectivity index (χ1v) is 12.7. The summed E-state index contributed by atoms with van der Waals surface area (Å²) in [4.78, 5) is 21.1. The number of nitrogens with zero attached hydrogens (tertiary/aromatic N) is 4. The van der Waals surface area contributed by atoms with Crippen molar-refractivity contribution < 1.29 is 28.9 Å². The van der Waals surface area contributed by atoms with E-state index >= 15 is 0 Å². The molecule has 0 unspecified atom stereocenters. The van der Waals surface area contributed by atoms with Gasteiger partial charge in [0, 0.05) is 16.9 Å². The Hall–Kier alpha value is -4.88. The lowest BCUT2D eigenvalue weighted by atomic mass is 9.97. The maximum Gasteiger partial charge on any atom is 0.376 e. The van der Waals surface area contributed by atoms with Crippen LogP contribution in [0.25, 0.3) is 22.6 Å². The monoisotopic (exact) mass is 559 g/mol. The molecular formula is C28H25N5O6S. The number of ether oxygens (including phenoxy) is 2. The number of thioether (sulfide) groups is 1. The van der Waals surface area contributed by atoms with Gasteiger partial charge in [-0.25, -0.2) is 14.8 Å². The Balaban J connectivity index is 0.00000103. The van der Waals surface area contributed by atoms with Crippen molar-refractivity contribution >= 4 is 23.5 Å². The molecule has 0 bridgehead atoms. The van der Waals surface area contributed by atoms with Crippen molar-refractivity contribution in [3.63, 3.8) is 0 Å². The summed E-state index contributed by atoms with van der Waals surface area (Å²) in [5.41, 5.74) is 8.40. The van der Waals surface area contributed by atoms with Crippen molar-refractivity contribution in [2.45, 2.75) is 10.8 Å². The van der Waals surface area contributed by atoms with Crippen molar-refractivity contribution in [1.82, 2.24) is 9.97 Å². The molecule has 40 heavy (non-hydrogen) atoms. The van der Waals surface area contributed by atoms with Crippen LogP contribution in [0.15, 0.2) is 64.0 Å². The molecule has 11 nitrogen and oxygen atoms in total. The van der Waals surface area contributed by atoms with Crippen LogP contribution in [-0.4, -0.2) is 53.6 Å². The van der Waals surface area contributed by atoms with Crippen LogP contribution in [0.2, 0.25) is 0 Å². The van der Waals surface area contributed by atoms with Crippen LogP contribution in [0, 0.1) is 22.7 Å². The van der Waals surface area contributed by atoms with Crippen molar-refractivity contribution in [1.29, 1.82) is 10.5 Å². The fraction of sp³-hybridized carbons (Fsp3) is 0.179. The van der Waals surface area contributed by atoms with Crippen LogP contribution >= 0.6 is 11.8 Å². The number of nitrogens with two attached hydrogens (primary N) is 1. The number of anilines is 1. The van der Waals surface area contributed by atoms with Gasteiger partial charge in [-0.3, -0.25) is 0 Å². The number of oxazole rings is 1. The summed E-state index contributed by atoms with van der Waals surface area (Å²) >= 11 is 1.15. The number of nitriles is 2. The van der Waals surface area contributed by atoms with Gasteiger partial charge in [0.15, 0.2) is 0 Å². The largest absolute Gasteiger partial charge is 0.497 e. The molecule has 4 N–H and O–H groups in total. The third-order valence-corrected chi connectivity index (χ3v) is 6.32. The van der Waals surface area contributed by atoms with Gasteiger partial charge in [0.25, 0.3) is 0 Å². The fourth-order valence-electron chi connectivity index (χ4n) is 3.49. The molecule has 4 rings (SSSR count). The number of carbonyl (C=O) groups excluding carboxylic acids is 1. The van der Waals surface area contributed by atoms with Gasteiger partial charge in [0.05, 0.1) is 33.0 Å². The number of rotatable bonds is 8. The molecule has 0 fully saturated rings. The zero-order valence-electron chi connectivity index (χ0n) is 21.6. The lowest BCUT2D eigenvalue weighted by Gasteiger charge is -2.13. The van der Waals surface area contributed by atoms with Crippen molar-refractivity contribution in [3.8, 4) is 40.5 Å². The average Bonchev–Trinajstić information content (AvgIpc) is 3.44. The Labute approximate surface area is 234 Å². The summed E-state index contributed by atoms with van der Waals surface area (Å²) in [7, 11) is 2.80. The van der Waals surface area contributed by atoms with Crippen molar-refractivity contribution in [2.75, 3.05) is 33.2 Å². The van der Waals surface area contributed by atoms with Gasteiger partial charge in [-0.1, -0.05) is 42.1 Å². The zero-order chi connectivity index (χ0) is 29.1. The third kappa shape index (κ3) is 6.76. The normalized spacial score (nSPS) is 10.1. The van der Waals surface area contributed by atoms with Gasteiger partial charge < -0.3 is 29.8 Å². The minimum absolute atomic E-state index is 0.0110.